The van der Waals surface area contributed by atoms with Crippen LogP contribution in [0.15, 0.2) is 0 Å². The maximum absolute atomic E-state index is 7.12. The molecule has 0 bridgehead atoms. The molecular weight excluding hydrogens is 182 g/mol. The summed E-state index contributed by atoms with van der Waals surface area (Å²) in [5.74, 6) is 1.51. The summed E-state index contributed by atoms with van der Waals surface area (Å²) >= 11 is 1.88. The monoisotopic (exact) mass is 203 g/mol. The fraction of sp³-hybridized carbons (Fsp3) is 0.889. The van der Waals surface area contributed by atoms with Gasteiger partial charge in [-0.1, -0.05) is 6.92 Å². The molecule has 0 heterocycles. The smallest absolute Gasteiger partial charge is 0.0918 e. The Bertz CT molecular complexity index is 139. The van der Waals surface area contributed by atoms with E-state index in [1.165, 1.54) is 12.2 Å². The van der Waals surface area contributed by atoms with E-state index in [2.05, 4.69) is 18.1 Å². The van der Waals surface area contributed by atoms with Crippen molar-refractivity contribution in [3.8, 4) is 0 Å². The van der Waals surface area contributed by atoms with E-state index in [1.807, 2.05) is 11.8 Å². The van der Waals surface area contributed by atoms with Crippen molar-refractivity contribution >= 4 is 17.6 Å². The second kappa shape index (κ2) is 8.38. The summed E-state index contributed by atoms with van der Waals surface area (Å²) in [7, 11) is 0. The quantitative estimate of drug-likeness (QED) is 0.356. The normalized spacial score (nSPS) is 10.7. The van der Waals surface area contributed by atoms with Crippen LogP contribution in [0.3, 0.4) is 0 Å². The third kappa shape index (κ3) is 8.12. The summed E-state index contributed by atoms with van der Waals surface area (Å²) in [6.07, 6.45) is 4.06. The molecular formula is C9H21N3S. The van der Waals surface area contributed by atoms with Crippen molar-refractivity contribution < 1.29 is 0 Å². The van der Waals surface area contributed by atoms with Crippen LogP contribution in [0.25, 0.3) is 0 Å². The average molecular weight is 203 g/mol. The molecule has 0 saturated heterocycles. The molecule has 0 aromatic heterocycles. The van der Waals surface area contributed by atoms with Gasteiger partial charge in [-0.15, -0.1) is 0 Å². The van der Waals surface area contributed by atoms with Gasteiger partial charge in [0.2, 0.25) is 0 Å². The highest BCUT2D eigenvalue weighted by atomic mass is 32.2. The molecule has 0 aliphatic heterocycles. The maximum atomic E-state index is 7.12. The molecule has 0 aliphatic rings. The minimum Gasteiger partial charge on any atom is -0.388 e. The zero-order chi connectivity index (χ0) is 10.1. The highest BCUT2D eigenvalue weighted by molar-refractivity contribution is 7.98. The van der Waals surface area contributed by atoms with Crippen molar-refractivity contribution in [1.82, 2.24) is 4.90 Å². The molecule has 0 spiro atoms. The number of amidine groups is 1. The molecule has 0 unspecified atom stereocenters. The summed E-state index contributed by atoms with van der Waals surface area (Å²) in [6.45, 7) is 5.27. The number of nitrogens with two attached hydrogens (primary N) is 1. The molecule has 0 rings (SSSR count). The van der Waals surface area contributed by atoms with Crippen LogP contribution in [0.5, 0.6) is 0 Å². The van der Waals surface area contributed by atoms with E-state index >= 15 is 0 Å². The Balaban J connectivity index is 3.45. The zero-order valence-electron chi connectivity index (χ0n) is 8.68. The number of nitrogens with one attached hydrogen (secondary N) is 1. The van der Waals surface area contributed by atoms with Gasteiger partial charge in [-0.05, 0) is 31.5 Å². The predicted molar refractivity (Wildman–Crippen MR) is 61.6 cm³/mol. The van der Waals surface area contributed by atoms with Crippen LogP contribution in [0.1, 0.15) is 19.8 Å². The van der Waals surface area contributed by atoms with Crippen molar-refractivity contribution in [3.05, 3.63) is 0 Å². The summed E-state index contributed by atoms with van der Waals surface area (Å²) in [4.78, 5) is 2.34. The maximum Gasteiger partial charge on any atom is 0.0918 e. The molecule has 0 fully saturated rings. The molecule has 0 radical (unpaired) electrons. The molecule has 0 aromatic rings. The van der Waals surface area contributed by atoms with Crippen molar-refractivity contribution in [2.45, 2.75) is 19.8 Å². The van der Waals surface area contributed by atoms with E-state index in [0.717, 1.165) is 19.6 Å². The zero-order valence-corrected chi connectivity index (χ0v) is 9.49. The molecule has 0 amide bonds. The van der Waals surface area contributed by atoms with Crippen LogP contribution in [-0.4, -0.2) is 42.4 Å². The van der Waals surface area contributed by atoms with Gasteiger partial charge in [-0.25, -0.2) is 0 Å². The van der Waals surface area contributed by atoms with Crippen molar-refractivity contribution in [2.75, 3.05) is 31.6 Å². The molecule has 0 aromatic carbocycles. The van der Waals surface area contributed by atoms with Crippen LogP contribution in [0.2, 0.25) is 0 Å². The van der Waals surface area contributed by atoms with Crippen LogP contribution in [0.4, 0.5) is 0 Å². The second-order valence-electron chi connectivity index (χ2n) is 3.06. The Labute approximate surface area is 85.6 Å². The minimum absolute atomic E-state index is 0.295. The molecule has 13 heavy (non-hydrogen) atoms. The van der Waals surface area contributed by atoms with Gasteiger partial charge in [-0.2, -0.15) is 11.8 Å². The van der Waals surface area contributed by atoms with Crippen LogP contribution < -0.4 is 5.73 Å². The highest BCUT2D eigenvalue weighted by Gasteiger charge is 2.01. The lowest BCUT2D eigenvalue weighted by atomic mass is 10.3. The van der Waals surface area contributed by atoms with Crippen molar-refractivity contribution in [3.63, 3.8) is 0 Å². The summed E-state index contributed by atoms with van der Waals surface area (Å²) in [6, 6.07) is 0. The third-order valence-corrected chi connectivity index (χ3v) is 2.66. The van der Waals surface area contributed by atoms with E-state index in [9.17, 15) is 0 Å². The molecule has 3 N–H and O–H groups in total. The fourth-order valence-electron chi connectivity index (χ4n) is 1.14. The first kappa shape index (κ1) is 12.8. The first-order chi connectivity index (χ1) is 6.20. The summed E-state index contributed by atoms with van der Waals surface area (Å²) in [5.41, 5.74) is 5.30. The lowest BCUT2D eigenvalue weighted by molar-refractivity contribution is 0.298. The number of hydrogen-bond acceptors (Lipinski definition) is 3. The predicted octanol–water partition coefficient (Wildman–Crippen LogP) is 1.39. The topological polar surface area (TPSA) is 53.1 Å². The Hall–Kier alpha value is -0.220. The lowest BCUT2D eigenvalue weighted by Crippen LogP contribution is -2.29. The molecule has 78 valence electrons. The number of thioether (sulfide) groups is 1. The van der Waals surface area contributed by atoms with Crippen LogP contribution in [-0.2, 0) is 0 Å². The molecule has 0 atom stereocenters. The lowest BCUT2D eigenvalue weighted by Gasteiger charge is -2.19. The highest BCUT2D eigenvalue weighted by Crippen LogP contribution is 1.99. The van der Waals surface area contributed by atoms with E-state index < -0.39 is 0 Å². The standard InChI is InChI=1S/C9H21N3S/c1-3-12(6-4-8-13-2)7-5-9(10)11/h3-8H2,1-2H3,(H3,10,11). The van der Waals surface area contributed by atoms with Crippen molar-refractivity contribution in [1.29, 1.82) is 5.41 Å². The molecule has 0 saturated carbocycles. The van der Waals surface area contributed by atoms with Gasteiger partial charge in [0.05, 0.1) is 5.84 Å². The average Bonchev–Trinajstić information content (AvgIpc) is 2.10. The van der Waals surface area contributed by atoms with Crippen LogP contribution >= 0.6 is 11.8 Å². The number of rotatable bonds is 8. The first-order valence-corrected chi connectivity index (χ1v) is 6.14. The van der Waals surface area contributed by atoms with Gasteiger partial charge in [0.15, 0.2) is 0 Å². The van der Waals surface area contributed by atoms with Gasteiger partial charge < -0.3 is 10.6 Å². The molecule has 3 nitrogen and oxygen atoms in total. The van der Waals surface area contributed by atoms with E-state index in [-0.39, 0.29) is 0 Å². The summed E-state index contributed by atoms with van der Waals surface area (Å²) in [5, 5.41) is 7.12. The Kier molecular flexibility index (Phi) is 8.24. The fourth-order valence-corrected chi connectivity index (χ4v) is 1.56. The number of nitrogens with zero attached hydrogens (tertiary/aromatic N) is 1. The number of hydrogen-bond donors (Lipinski definition) is 2. The Morgan fingerprint density at radius 1 is 1.46 bits per heavy atom. The SMILES string of the molecule is CCN(CCCSC)CCC(=N)N. The van der Waals surface area contributed by atoms with E-state index in [4.69, 9.17) is 11.1 Å². The Morgan fingerprint density at radius 2 is 2.15 bits per heavy atom. The third-order valence-electron chi connectivity index (χ3n) is 1.97. The van der Waals surface area contributed by atoms with Gasteiger partial charge >= 0.3 is 0 Å². The van der Waals surface area contributed by atoms with Gasteiger partial charge in [0.1, 0.15) is 0 Å². The summed E-state index contributed by atoms with van der Waals surface area (Å²) < 4.78 is 0. The van der Waals surface area contributed by atoms with Gasteiger partial charge in [0, 0.05) is 13.0 Å². The Morgan fingerprint density at radius 3 is 2.62 bits per heavy atom. The largest absolute Gasteiger partial charge is 0.388 e. The van der Waals surface area contributed by atoms with Crippen molar-refractivity contribution in [2.24, 2.45) is 5.73 Å². The van der Waals surface area contributed by atoms with E-state index in [0.29, 0.717) is 12.3 Å². The van der Waals surface area contributed by atoms with E-state index in [1.54, 1.807) is 0 Å². The van der Waals surface area contributed by atoms with Crippen LogP contribution in [0, 0.1) is 5.41 Å². The van der Waals surface area contributed by atoms with Gasteiger partial charge in [-0.3, -0.25) is 5.41 Å². The van der Waals surface area contributed by atoms with Gasteiger partial charge in [0.25, 0.3) is 0 Å². The second-order valence-corrected chi connectivity index (χ2v) is 4.04. The molecule has 4 heteroatoms. The molecule has 0 aliphatic carbocycles. The first-order valence-electron chi connectivity index (χ1n) is 4.74. The minimum atomic E-state index is 0.295.